The van der Waals surface area contributed by atoms with E-state index < -0.39 is 17.6 Å². The molecular formula is C9H10ClFN2O. The average molecular weight is 217 g/mol. The number of nitriles is 1. The molecule has 0 saturated carbocycles. The predicted molar refractivity (Wildman–Crippen MR) is 52.5 cm³/mol. The summed E-state index contributed by atoms with van der Waals surface area (Å²) in [5.74, 6) is -1.18. The van der Waals surface area contributed by atoms with Gasteiger partial charge in [-0.1, -0.05) is 12.1 Å². The van der Waals surface area contributed by atoms with E-state index in [0.717, 1.165) is 6.07 Å². The molecule has 0 fully saturated rings. The van der Waals surface area contributed by atoms with Crippen molar-refractivity contribution < 1.29 is 9.50 Å². The normalized spacial score (nSPS) is 11.2. The minimum absolute atomic E-state index is 0. The van der Waals surface area contributed by atoms with Crippen molar-refractivity contribution in [2.75, 3.05) is 0 Å². The first kappa shape index (κ1) is 12.7. The summed E-state index contributed by atoms with van der Waals surface area (Å²) in [6, 6.07) is 5.30. The van der Waals surface area contributed by atoms with Gasteiger partial charge >= 0.3 is 0 Å². The molecule has 1 aromatic rings. The molecule has 1 aromatic carbocycles. The fourth-order valence-corrected chi connectivity index (χ4v) is 1.04. The molecule has 0 amide bonds. The molecule has 0 aliphatic carbocycles. The minimum Gasteiger partial charge on any atom is -0.505 e. The summed E-state index contributed by atoms with van der Waals surface area (Å²) in [7, 11) is 0. The van der Waals surface area contributed by atoms with Gasteiger partial charge < -0.3 is 10.8 Å². The molecule has 0 radical (unpaired) electrons. The van der Waals surface area contributed by atoms with Crippen LogP contribution in [0.25, 0.3) is 0 Å². The standard InChI is InChI=1S/C9H9FN2O.ClH/c10-7-3-1-2-6(9(7)13)8(12)4-5-11;/h1-3,8,13H,4,12H2;1H/t8-;/m1./s1. The smallest absolute Gasteiger partial charge is 0.165 e. The molecule has 0 aliphatic rings. The fourth-order valence-electron chi connectivity index (χ4n) is 1.04. The lowest BCUT2D eigenvalue weighted by Gasteiger charge is -2.09. The van der Waals surface area contributed by atoms with Crippen LogP contribution < -0.4 is 5.73 Å². The first-order chi connectivity index (χ1) is 6.16. The summed E-state index contributed by atoms with van der Waals surface area (Å²) in [5, 5.41) is 17.6. The lowest BCUT2D eigenvalue weighted by atomic mass is 10.0. The van der Waals surface area contributed by atoms with Gasteiger partial charge in [0.25, 0.3) is 0 Å². The third-order valence-electron chi connectivity index (χ3n) is 1.73. The highest BCUT2D eigenvalue weighted by Gasteiger charge is 2.12. The van der Waals surface area contributed by atoms with Crippen molar-refractivity contribution in [1.82, 2.24) is 0 Å². The number of phenols is 1. The quantitative estimate of drug-likeness (QED) is 0.793. The van der Waals surface area contributed by atoms with E-state index in [1.54, 1.807) is 0 Å². The fraction of sp³-hybridized carbons (Fsp3) is 0.222. The van der Waals surface area contributed by atoms with Gasteiger partial charge in [0.15, 0.2) is 11.6 Å². The van der Waals surface area contributed by atoms with Crippen LogP contribution in [0, 0.1) is 17.1 Å². The Bertz CT molecular complexity index is 351. The van der Waals surface area contributed by atoms with Crippen LogP contribution in [0.5, 0.6) is 5.75 Å². The van der Waals surface area contributed by atoms with Gasteiger partial charge in [-0.05, 0) is 6.07 Å². The number of phenolic OH excluding ortho intramolecular Hbond substituents is 1. The predicted octanol–water partition coefficient (Wildman–Crippen LogP) is 1.87. The molecule has 3 N–H and O–H groups in total. The summed E-state index contributed by atoms with van der Waals surface area (Å²) >= 11 is 0. The van der Waals surface area contributed by atoms with Crippen LogP contribution in [-0.2, 0) is 0 Å². The number of hydrogen-bond acceptors (Lipinski definition) is 3. The number of nitrogens with zero attached hydrogens (tertiary/aromatic N) is 1. The van der Waals surface area contributed by atoms with E-state index in [4.69, 9.17) is 11.0 Å². The summed E-state index contributed by atoms with van der Waals surface area (Å²) in [4.78, 5) is 0. The second kappa shape index (κ2) is 5.43. The van der Waals surface area contributed by atoms with Crippen LogP contribution in [0.3, 0.4) is 0 Å². The molecule has 5 heteroatoms. The highest BCUT2D eigenvalue weighted by atomic mass is 35.5. The lowest BCUT2D eigenvalue weighted by Crippen LogP contribution is -2.09. The first-order valence-corrected chi connectivity index (χ1v) is 3.76. The zero-order chi connectivity index (χ0) is 9.84. The largest absolute Gasteiger partial charge is 0.505 e. The molecule has 14 heavy (non-hydrogen) atoms. The number of para-hydroxylation sites is 1. The zero-order valence-corrected chi connectivity index (χ0v) is 8.09. The maximum Gasteiger partial charge on any atom is 0.165 e. The van der Waals surface area contributed by atoms with Crippen LogP contribution in [0.4, 0.5) is 4.39 Å². The SMILES string of the molecule is Cl.N#CC[C@@H](N)c1cccc(F)c1O. The van der Waals surface area contributed by atoms with Crippen molar-refractivity contribution in [3.63, 3.8) is 0 Å². The Hall–Kier alpha value is -1.31. The van der Waals surface area contributed by atoms with Gasteiger partial charge in [-0.25, -0.2) is 4.39 Å². The third-order valence-corrected chi connectivity index (χ3v) is 1.73. The monoisotopic (exact) mass is 216 g/mol. The van der Waals surface area contributed by atoms with Crippen molar-refractivity contribution in [2.24, 2.45) is 5.73 Å². The van der Waals surface area contributed by atoms with Crippen LogP contribution in [0.2, 0.25) is 0 Å². The van der Waals surface area contributed by atoms with Gasteiger partial charge in [0, 0.05) is 11.6 Å². The van der Waals surface area contributed by atoms with E-state index in [0.29, 0.717) is 0 Å². The first-order valence-electron chi connectivity index (χ1n) is 3.76. The number of hydrogen-bond donors (Lipinski definition) is 2. The highest BCUT2D eigenvalue weighted by molar-refractivity contribution is 5.85. The third kappa shape index (κ3) is 2.59. The van der Waals surface area contributed by atoms with E-state index in [1.807, 2.05) is 6.07 Å². The van der Waals surface area contributed by atoms with Crippen molar-refractivity contribution in [1.29, 1.82) is 5.26 Å². The van der Waals surface area contributed by atoms with E-state index in [1.165, 1.54) is 12.1 Å². The summed E-state index contributed by atoms with van der Waals surface area (Å²) in [6.45, 7) is 0. The van der Waals surface area contributed by atoms with Crippen LogP contribution in [0.1, 0.15) is 18.0 Å². The molecule has 3 nitrogen and oxygen atoms in total. The summed E-state index contributed by atoms with van der Waals surface area (Å²) < 4.78 is 12.8. The van der Waals surface area contributed by atoms with Gasteiger partial charge in [0.2, 0.25) is 0 Å². The van der Waals surface area contributed by atoms with Crippen molar-refractivity contribution in [3.05, 3.63) is 29.6 Å². The van der Waals surface area contributed by atoms with Crippen LogP contribution in [-0.4, -0.2) is 5.11 Å². The van der Waals surface area contributed by atoms with Crippen molar-refractivity contribution >= 4 is 12.4 Å². The zero-order valence-electron chi connectivity index (χ0n) is 7.27. The molecule has 76 valence electrons. The minimum atomic E-state index is -0.717. The van der Waals surface area contributed by atoms with Gasteiger partial charge in [0.05, 0.1) is 12.5 Å². The molecule has 0 bridgehead atoms. The van der Waals surface area contributed by atoms with E-state index in [-0.39, 0.29) is 24.4 Å². The number of halogens is 2. The Morgan fingerprint density at radius 2 is 2.21 bits per heavy atom. The topological polar surface area (TPSA) is 70.0 Å². The molecule has 0 heterocycles. The Morgan fingerprint density at radius 3 is 2.79 bits per heavy atom. The molecular weight excluding hydrogens is 207 g/mol. The Balaban J connectivity index is 0.00000169. The average Bonchev–Trinajstić information content (AvgIpc) is 2.10. The van der Waals surface area contributed by atoms with Gasteiger partial charge in [-0.2, -0.15) is 5.26 Å². The second-order valence-electron chi connectivity index (χ2n) is 2.65. The highest BCUT2D eigenvalue weighted by Crippen LogP contribution is 2.26. The van der Waals surface area contributed by atoms with Crippen LogP contribution in [0.15, 0.2) is 18.2 Å². The number of nitrogens with two attached hydrogens (primary N) is 1. The van der Waals surface area contributed by atoms with Crippen LogP contribution >= 0.6 is 12.4 Å². The molecule has 1 rings (SSSR count). The maximum absolute atomic E-state index is 12.8. The Morgan fingerprint density at radius 1 is 1.57 bits per heavy atom. The molecule has 0 spiro atoms. The molecule has 0 unspecified atom stereocenters. The number of aromatic hydroxyl groups is 1. The Labute approximate surface area is 87.4 Å². The second-order valence-corrected chi connectivity index (χ2v) is 2.65. The van der Waals surface area contributed by atoms with Crippen molar-refractivity contribution in [3.8, 4) is 11.8 Å². The Kier molecular flexibility index (Phi) is 4.92. The van der Waals surface area contributed by atoms with Gasteiger partial charge in [-0.3, -0.25) is 0 Å². The molecule has 0 aliphatic heterocycles. The summed E-state index contributed by atoms with van der Waals surface area (Å²) in [6.07, 6.45) is 0.0526. The van der Waals surface area contributed by atoms with Crippen molar-refractivity contribution in [2.45, 2.75) is 12.5 Å². The maximum atomic E-state index is 12.8. The number of rotatable bonds is 2. The lowest BCUT2D eigenvalue weighted by molar-refractivity contribution is 0.421. The van der Waals surface area contributed by atoms with E-state index in [2.05, 4.69) is 0 Å². The van der Waals surface area contributed by atoms with Gasteiger partial charge in [-0.15, -0.1) is 12.4 Å². The van der Waals surface area contributed by atoms with Gasteiger partial charge in [0.1, 0.15) is 0 Å². The number of benzene rings is 1. The molecule has 1 atom stereocenters. The molecule has 0 aromatic heterocycles. The van der Waals surface area contributed by atoms with E-state index >= 15 is 0 Å². The summed E-state index contributed by atoms with van der Waals surface area (Å²) in [5.41, 5.74) is 5.79. The van der Waals surface area contributed by atoms with E-state index in [9.17, 15) is 9.50 Å². The molecule has 0 saturated heterocycles.